The van der Waals surface area contributed by atoms with E-state index < -0.39 is 0 Å². The number of benzene rings is 1. The molecule has 5 atom stereocenters. The number of esters is 2. The van der Waals surface area contributed by atoms with E-state index in [1.54, 1.807) is 0 Å². The summed E-state index contributed by atoms with van der Waals surface area (Å²) in [5.74, 6) is 1.02. The Balaban J connectivity index is 0.000000216. The minimum absolute atomic E-state index is 0.0613. The molecule has 228 valence electrons. The van der Waals surface area contributed by atoms with Crippen molar-refractivity contribution in [1.82, 2.24) is 0 Å². The van der Waals surface area contributed by atoms with Gasteiger partial charge >= 0.3 is 11.9 Å². The molecule has 2 heterocycles. The van der Waals surface area contributed by atoms with E-state index >= 15 is 0 Å². The van der Waals surface area contributed by atoms with Gasteiger partial charge in [0.15, 0.2) is 0 Å². The van der Waals surface area contributed by atoms with Gasteiger partial charge in [-0.05, 0) is 96.5 Å². The van der Waals surface area contributed by atoms with Crippen LogP contribution in [0.4, 0.5) is 0 Å². The molecule has 0 bridgehead atoms. The summed E-state index contributed by atoms with van der Waals surface area (Å²) in [5.41, 5.74) is 0.721. The van der Waals surface area contributed by atoms with Gasteiger partial charge < -0.3 is 18.9 Å². The molecule has 1 aliphatic carbocycles. The zero-order valence-corrected chi connectivity index (χ0v) is 26.5. The van der Waals surface area contributed by atoms with Gasteiger partial charge in [0.2, 0.25) is 6.29 Å². The van der Waals surface area contributed by atoms with Crippen LogP contribution in [0.15, 0.2) is 30.3 Å². The van der Waals surface area contributed by atoms with E-state index in [2.05, 4.69) is 44.2 Å². The van der Waals surface area contributed by atoms with Crippen LogP contribution in [0, 0.1) is 16.7 Å². The maximum atomic E-state index is 11.8. The monoisotopic (exact) mass is 560 g/mol. The smallest absolute Gasteiger partial charge is 0.313 e. The van der Waals surface area contributed by atoms with Gasteiger partial charge in [0.25, 0.3) is 0 Å². The Morgan fingerprint density at radius 3 is 2.10 bits per heavy atom. The zero-order valence-electron chi connectivity index (χ0n) is 26.5. The summed E-state index contributed by atoms with van der Waals surface area (Å²) in [7, 11) is 0. The van der Waals surface area contributed by atoms with Gasteiger partial charge in [-0.25, -0.2) is 0 Å². The normalized spacial score (nSPS) is 24.6. The standard InChI is InChI=1S/C13H22O3.C11H20O3.C10H14/c1-4-13(2,3)12(14)15-8-9-5-6-10-11(7-9)16-10;1-4-11(2,3)10(12)14-9-7-5-6-8-13-9;1-3-9(2)10-7-5-4-6-8-10/h9-11H,4-8H2,1-3H3;9H,4-8H2,1-3H3;4-9H,3H2,1-2H3. The SMILES string of the molecule is CCC(C)(C)C(=O)OC1CCCCO1.CCC(C)(C)C(=O)OCC1CCC2OC2C1.CCC(C)c1ccccc1. The number of hydrogen-bond donors (Lipinski definition) is 0. The lowest BCUT2D eigenvalue weighted by Gasteiger charge is -2.27. The maximum absolute atomic E-state index is 11.8. The van der Waals surface area contributed by atoms with Gasteiger partial charge in [-0.3, -0.25) is 9.59 Å². The molecular formula is C34H56O6. The molecule has 6 nitrogen and oxygen atoms in total. The first-order chi connectivity index (χ1) is 18.9. The molecule has 4 rings (SSSR count). The van der Waals surface area contributed by atoms with Crippen molar-refractivity contribution < 1.29 is 28.5 Å². The van der Waals surface area contributed by atoms with E-state index in [0.717, 1.165) is 51.4 Å². The lowest BCUT2D eigenvalue weighted by atomic mass is 9.89. The summed E-state index contributed by atoms with van der Waals surface area (Å²) >= 11 is 0. The highest BCUT2D eigenvalue weighted by atomic mass is 16.7. The predicted octanol–water partition coefficient (Wildman–Crippen LogP) is 8.23. The highest BCUT2D eigenvalue weighted by Gasteiger charge is 2.44. The van der Waals surface area contributed by atoms with Crippen LogP contribution >= 0.6 is 0 Å². The molecule has 2 saturated heterocycles. The summed E-state index contributed by atoms with van der Waals surface area (Å²) in [6.45, 7) is 17.5. The van der Waals surface area contributed by atoms with Crippen LogP contribution in [-0.2, 0) is 28.5 Å². The second kappa shape index (κ2) is 16.5. The molecule has 1 aromatic rings. The zero-order chi connectivity index (χ0) is 29.8. The lowest BCUT2D eigenvalue weighted by Crippen LogP contribution is -2.32. The van der Waals surface area contributed by atoms with E-state index in [1.807, 2.05) is 41.5 Å². The van der Waals surface area contributed by atoms with Crippen LogP contribution in [0.1, 0.15) is 125 Å². The van der Waals surface area contributed by atoms with Crippen LogP contribution in [0.2, 0.25) is 0 Å². The first-order valence-electron chi connectivity index (χ1n) is 15.6. The predicted molar refractivity (Wildman–Crippen MR) is 160 cm³/mol. The maximum Gasteiger partial charge on any atom is 0.313 e. The number of carbonyl (C=O) groups is 2. The van der Waals surface area contributed by atoms with Crippen molar-refractivity contribution in [3.63, 3.8) is 0 Å². The van der Waals surface area contributed by atoms with Crippen molar-refractivity contribution in [3.05, 3.63) is 35.9 Å². The third-order valence-electron chi connectivity index (χ3n) is 8.79. The molecular weight excluding hydrogens is 504 g/mol. The number of epoxide rings is 1. The summed E-state index contributed by atoms with van der Waals surface area (Å²) in [4.78, 5) is 23.4. The topological polar surface area (TPSA) is 74.4 Å². The Bertz CT molecular complexity index is 874. The number of fused-ring (bicyclic) bond motifs is 1. The number of hydrogen-bond acceptors (Lipinski definition) is 6. The fourth-order valence-electron chi connectivity index (χ4n) is 4.42. The molecule has 3 aliphatic rings. The second-order valence-corrected chi connectivity index (χ2v) is 12.9. The number of rotatable bonds is 9. The van der Waals surface area contributed by atoms with Gasteiger partial charge in [0.1, 0.15) is 0 Å². The van der Waals surface area contributed by atoms with Crippen molar-refractivity contribution in [3.8, 4) is 0 Å². The molecule has 0 spiro atoms. The van der Waals surface area contributed by atoms with Crippen LogP contribution < -0.4 is 0 Å². The van der Waals surface area contributed by atoms with Crippen LogP contribution in [0.25, 0.3) is 0 Å². The summed E-state index contributed by atoms with van der Waals surface area (Å²) in [6, 6.07) is 10.6. The molecule has 1 aromatic carbocycles. The molecule has 0 radical (unpaired) electrons. The van der Waals surface area contributed by atoms with Crippen molar-refractivity contribution >= 4 is 11.9 Å². The van der Waals surface area contributed by atoms with E-state index in [-0.39, 0.29) is 29.1 Å². The molecule has 0 amide bonds. The Hall–Kier alpha value is -1.92. The second-order valence-electron chi connectivity index (χ2n) is 12.9. The average Bonchev–Trinajstić information content (AvgIpc) is 3.76. The Kier molecular flexibility index (Phi) is 14.1. The highest BCUT2D eigenvalue weighted by Crippen LogP contribution is 2.39. The fraction of sp³-hybridized carbons (Fsp3) is 0.765. The number of ether oxygens (including phenoxy) is 4. The Morgan fingerprint density at radius 2 is 1.55 bits per heavy atom. The van der Waals surface area contributed by atoms with Gasteiger partial charge in [0.05, 0.1) is 36.3 Å². The third kappa shape index (κ3) is 11.5. The molecule has 1 saturated carbocycles. The Labute approximate surface area is 243 Å². The van der Waals surface area contributed by atoms with E-state index in [1.165, 1.54) is 12.0 Å². The van der Waals surface area contributed by atoms with E-state index in [4.69, 9.17) is 18.9 Å². The molecule has 0 N–H and O–H groups in total. The number of carbonyl (C=O) groups excluding carboxylic acids is 2. The minimum atomic E-state index is -0.388. The lowest BCUT2D eigenvalue weighted by molar-refractivity contribution is -0.196. The van der Waals surface area contributed by atoms with Crippen LogP contribution in [0.3, 0.4) is 0 Å². The summed E-state index contributed by atoms with van der Waals surface area (Å²) in [6.07, 6.45) is 9.89. The van der Waals surface area contributed by atoms with Gasteiger partial charge in [0, 0.05) is 6.42 Å². The van der Waals surface area contributed by atoms with Crippen molar-refractivity contribution in [2.24, 2.45) is 16.7 Å². The molecule has 3 fully saturated rings. The molecule has 40 heavy (non-hydrogen) atoms. The fourth-order valence-corrected chi connectivity index (χ4v) is 4.42. The quantitative estimate of drug-likeness (QED) is 0.224. The first kappa shape index (κ1) is 34.3. The van der Waals surface area contributed by atoms with Gasteiger partial charge in [-0.2, -0.15) is 0 Å². The third-order valence-corrected chi connectivity index (χ3v) is 8.79. The van der Waals surface area contributed by atoms with Crippen molar-refractivity contribution in [1.29, 1.82) is 0 Å². The molecule has 0 aromatic heterocycles. The first-order valence-corrected chi connectivity index (χ1v) is 15.6. The van der Waals surface area contributed by atoms with E-state index in [9.17, 15) is 9.59 Å². The summed E-state index contributed by atoms with van der Waals surface area (Å²) in [5, 5.41) is 0. The largest absolute Gasteiger partial charge is 0.465 e. The Morgan fingerprint density at radius 1 is 0.900 bits per heavy atom. The van der Waals surface area contributed by atoms with Crippen molar-refractivity contribution in [2.45, 2.75) is 138 Å². The van der Waals surface area contributed by atoms with E-state index in [0.29, 0.717) is 37.3 Å². The van der Waals surface area contributed by atoms with Gasteiger partial charge in [-0.15, -0.1) is 0 Å². The molecule has 6 heteroatoms. The highest BCUT2D eigenvalue weighted by molar-refractivity contribution is 5.76. The average molecular weight is 561 g/mol. The molecule has 2 aliphatic heterocycles. The molecule has 5 unspecified atom stereocenters. The van der Waals surface area contributed by atoms with Crippen LogP contribution in [0.5, 0.6) is 0 Å². The van der Waals surface area contributed by atoms with Crippen molar-refractivity contribution in [2.75, 3.05) is 13.2 Å². The van der Waals surface area contributed by atoms with Gasteiger partial charge in [-0.1, -0.05) is 58.0 Å². The summed E-state index contributed by atoms with van der Waals surface area (Å²) < 4.78 is 21.5. The van der Waals surface area contributed by atoms with Crippen LogP contribution in [-0.4, -0.2) is 43.7 Å². The minimum Gasteiger partial charge on any atom is -0.465 e.